The fraction of sp³-hybridized carbons (Fsp3) is 0.0704. The third-order valence-corrected chi connectivity index (χ3v) is 17.2. The maximum atomic E-state index is 2.51. The summed E-state index contributed by atoms with van der Waals surface area (Å²) in [6.07, 6.45) is 1.87. The second-order valence-electron chi connectivity index (χ2n) is 19.8. The second-order valence-corrected chi connectivity index (χ2v) is 20.8. The van der Waals surface area contributed by atoms with E-state index in [0.717, 1.165) is 29.9 Å². The molecule has 1 unspecified atom stereocenters. The van der Waals surface area contributed by atoms with Gasteiger partial charge in [0.1, 0.15) is 0 Å². The van der Waals surface area contributed by atoms with Crippen LogP contribution in [0.25, 0.3) is 31.3 Å². The predicted molar refractivity (Wildman–Crippen MR) is 306 cm³/mol. The SMILES string of the molecule is c1ccc(N(c2ccccc2)c2ccc(CCC(c3ccc4c(c3)sc3ccccc34)c3cccc4c3-c3ccccc3C43c4ccccc4C(c4ccccc4)(c4ccccc4)c4ccccc43)cc2)cc1. The van der Waals surface area contributed by atoms with Crippen LogP contribution in [0.5, 0.6) is 0 Å². The van der Waals surface area contributed by atoms with Crippen molar-refractivity contribution in [3.8, 4) is 11.1 Å². The minimum atomic E-state index is -0.568. The van der Waals surface area contributed by atoms with Crippen LogP contribution < -0.4 is 4.90 Å². The van der Waals surface area contributed by atoms with E-state index < -0.39 is 10.8 Å². The van der Waals surface area contributed by atoms with Crippen molar-refractivity contribution in [3.05, 3.63) is 340 Å². The molecule has 0 aliphatic heterocycles. The van der Waals surface area contributed by atoms with Gasteiger partial charge in [-0.1, -0.05) is 231 Å². The van der Waals surface area contributed by atoms with Gasteiger partial charge in [-0.15, -0.1) is 11.3 Å². The fourth-order valence-corrected chi connectivity index (χ4v) is 14.3. The summed E-state index contributed by atoms with van der Waals surface area (Å²) in [5, 5.41) is 2.66. The molecule has 1 nitrogen and oxygen atoms in total. The maximum Gasteiger partial charge on any atom is 0.0720 e. The number of benzene rings is 11. The molecule has 0 bridgehead atoms. The summed E-state index contributed by atoms with van der Waals surface area (Å²) >= 11 is 1.91. The number of aryl methyl sites for hydroxylation is 1. The Morgan fingerprint density at radius 2 is 0.836 bits per heavy atom. The maximum absolute atomic E-state index is 2.51. The molecule has 0 fully saturated rings. The molecule has 0 radical (unpaired) electrons. The van der Waals surface area contributed by atoms with Gasteiger partial charge in [0.15, 0.2) is 0 Å². The molecule has 2 aliphatic carbocycles. The van der Waals surface area contributed by atoms with Gasteiger partial charge >= 0.3 is 0 Å². The summed E-state index contributed by atoms with van der Waals surface area (Å²) in [6, 6.07) is 105. The van der Waals surface area contributed by atoms with E-state index in [1.807, 2.05) is 11.3 Å². The molecule has 1 heterocycles. The van der Waals surface area contributed by atoms with Crippen LogP contribution >= 0.6 is 11.3 Å². The molecule has 12 aromatic rings. The van der Waals surface area contributed by atoms with Crippen LogP contribution in [-0.2, 0) is 17.3 Å². The lowest BCUT2D eigenvalue weighted by Gasteiger charge is -2.50. The van der Waals surface area contributed by atoms with Crippen molar-refractivity contribution in [1.82, 2.24) is 0 Å². The molecule has 1 spiro atoms. The number of anilines is 3. The zero-order chi connectivity index (χ0) is 48.3. The number of thiophene rings is 1. The molecule has 73 heavy (non-hydrogen) atoms. The molecule has 0 saturated heterocycles. The predicted octanol–water partition coefficient (Wildman–Crippen LogP) is 18.3. The first-order chi connectivity index (χ1) is 36.2. The molecular formula is C71H51NS. The monoisotopic (exact) mass is 949 g/mol. The summed E-state index contributed by atoms with van der Waals surface area (Å²) in [4.78, 5) is 2.35. The van der Waals surface area contributed by atoms with Gasteiger partial charge in [0, 0.05) is 43.2 Å². The van der Waals surface area contributed by atoms with Crippen LogP contribution in [0.3, 0.4) is 0 Å². The van der Waals surface area contributed by atoms with Crippen molar-refractivity contribution in [1.29, 1.82) is 0 Å². The Kier molecular flexibility index (Phi) is 10.4. The molecule has 11 aromatic carbocycles. The van der Waals surface area contributed by atoms with E-state index in [4.69, 9.17) is 0 Å². The Hall–Kier alpha value is -8.56. The first-order valence-electron chi connectivity index (χ1n) is 25.7. The number of hydrogen-bond donors (Lipinski definition) is 0. The molecule has 0 saturated carbocycles. The quantitative estimate of drug-likeness (QED) is 0.132. The molecule has 1 atom stereocenters. The molecule has 2 heteroatoms. The number of para-hydroxylation sites is 2. The zero-order valence-corrected chi connectivity index (χ0v) is 41.2. The number of fused-ring (bicyclic) bond motifs is 12. The highest BCUT2D eigenvalue weighted by molar-refractivity contribution is 7.25. The van der Waals surface area contributed by atoms with Gasteiger partial charge < -0.3 is 4.90 Å². The van der Waals surface area contributed by atoms with Crippen molar-refractivity contribution in [2.24, 2.45) is 0 Å². The Morgan fingerprint density at radius 1 is 0.356 bits per heavy atom. The van der Waals surface area contributed by atoms with E-state index in [2.05, 4.69) is 284 Å². The largest absolute Gasteiger partial charge is 0.311 e. The average Bonchev–Trinajstić information content (AvgIpc) is 3.99. The van der Waals surface area contributed by atoms with Crippen molar-refractivity contribution in [2.75, 3.05) is 4.90 Å². The Labute approximate surface area is 432 Å². The van der Waals surface area contributed by atoms with Crippen LogP contribution in [0.15, 0.2) is 279 Å². The molecular weight excluding hydrogens is 899 g/mol. The summed E-state index contributed by atoms with van der Waals surface area (Å²) in [7, 11) is 0. The third-order valence-electron chi connectivity index (χ3n) is 16.1. The molecule has 14 rings (SSSR count). The van der Waals surface area contributed by atoms with Crippen LogP contribution in [0.1, 0.15) is 73.5 Å². The van der Waals surface area contributed by atoms with Crippen LogP contribution in [0.2, 0.25) is 0 Å². The van der Waals surface area contributed by atoms with Gasteiger partial charge in [-0.3, -0.25) is 0 Å². The minimum Gasteiger partial charge on any atom is -0.311 e. The first-order valence-corrected chi connectivity index (χ1v) is 26.5. The van der Waals surface area contributed by atoms with Crippen molar-refractivity contribution >= 4 is 48.6 Å². The van der Waals surface area contributed by atoms with E-state index in [1.54, 1.807) is 0 Å². The highest BCUT2D eigenvalue weighted by atomic mass is 32.1. The molecule has 0 amide bonds. The zero-order valence-electron chi connectivity index (χ0n) is 40.4. The Balaban J connectivity index is 0.958. The van der Waals surface area contributed by atoms with Gasteiger partial charge in [0.25, 0.3) is 0 Å². The van der Waals surface area contributed by atoms with Crippen LogP contribution in [-0.4, -0.2) is 0 Å². The standard InChI is InChI=1S/C71H51NS/c1-5-22-51(23-6-1)70(52-24-7-2-8-25-52)62-34-16-18-36-64(62)71(65-37-19-17-35-63(65)70)61-33-15-13-31-60(61)69-59(32-21-38-66(69)71)56(50-43-47-58-57-30-14-20-39-67(57)73-68(58)48-50)46-42-49-40-44-55(45-41-49)72(53-26-9-3-10-27-53)54-28-11-4-12-29-54/h1-41,43-45,47-48,56H,42,46H2. The van der Waals surface area contributed by atoms with E-state index >= 15 is 0 Å². The second kappa shape index (κ2) is 17.6. The van der Waals surface area contributed by atoms with Crippen molar-refractivity contribution < 1.29 is 0 Å². The number of nitrogens with zero attached hydrogens (tertiary/aromatic N) is 1. The Morgan fingerprint density at radius 3 is 1.45 bits per heavy atom. The van der Waals surface area contributed by atoms with Gasteiger partial charge in [-0.25, -0.2) is 0 Å². The normalized spacial score (nSPS) is 14.0. The van der Waals surface area contributed by atoms with E-state index in [1.165, 1.54) is 92.5 Å². The van der Waals surface area contributed by atoms with Crippen LogP contribution in [0, 0.1) is 0 Å². The smallest absolute Gasteiger partial charge is 0.0720 e. The lowest BCUT2D eigenvalue weighted by Crippen LogP contribution is -2.44. The fourth-order valence-electron chi connectivity index (χ4n) is 13.1. The van der Waals surface area contributed by atoms with Crippen molar-refractivity contribution in [2.45, 2.75) is 29.6 Å². The summed E-state index contributed by atoms with van der Waals surface area (Å²) < 4.78 is 2.67. The average molecular weight is 950 g/mol. The lowest BCUT2D eigenvalue weighted by atomic mass is 9.51. The topological polar surface area (TPSA) is 3.24 Å². The number of hydrogen-bond acceptors (Lipinski definition) is 2. The summed E-state index contributed by atoms with van der Waals surface area (Å²) in [5.74, 6) is 0.111. The molecule has 2 aliphatic rings. The molecule has 0 N–H and O–H groups in total. The van der Waals surface area contributed by atoms with Gasteiger partial charge in [0.05, 0.1) is 10.8 Å². The highest BCUT2D eigenvalue weighted by Crippen LogP contribution is 2.65. The summed E-state index contributed by atoms with van der Waals surface area (Å²) in [5.41, 5.74) is 19.7. The minimum absolute atomic E-state index is 0.111. The molecule has 346 valence electrons. The van der Waals surface area contributed by atoms with Crippen LogP contribution in [0.4, 0.5) is 17.1 Å². The van der Waals surface area contributed by atoms with Crippen molar-refractivity contribution in [3.63, 3.8) is 0 Å². The van der Waals surface area contributed by atoms with E-state index in [0.29, 0.717) is 0 Å². The summed E-state index contributed by atoms with van der Waals surface area (Å²) in [6.45, 7) is 0. The van der Waals surface area contributed by atoms with Gasteiger partial charge in [-0.2, -0.15) is 0 Å². The molecule has 1 aromatic heterocycles. The van der Waals surface area contributed by atoms with E-state index in [9.17, 15) is 0 Å². The van der Waals surface area contributed by atoms with E-state index in [-0.39, 0.29) is 5.92 Å². The third kappa shape index (κ3) is 6.67. The Bertz CT molecular complexity index is 3840. The van der Waals surface area contributed by atoms with Gasteiger partial charge in [-0.05, 0) is 134 Å². The first kappa shape index (κ1) is 43.2. The van der Waals surface area contributed by atoms with Gasteiger partial charge in [0.2, 0.25) is 0 Å². The lowest BCUT2D eigenvalue weighted by molar-refractivity contribution is 0.623. The number of rotatable bonds is 10. The highest BCUT2D eigenvalue weighted by Gasteiger charge is 2.57.